The van der Waals surface area contributed by atoms with Gasteiger partial charge in [0.1, 0.15) is 24.4 Å². The second-order valence-corrected chi connectivity index (χ2v) is 16.8. The third kappa shape index (κ3) is 6.55. The van der Waals surface area contributed by atoms with Crippen LogP contribution < -0.4 is 5.32 Å². The van der Waals surface area contributed by atoms with Crippen LogP contribution in [0.15, 0.2) is 102 Å². The number of aliphatic hydroxyl groups excluding tert-OH is 4. The Bertz CT molecular complexity index is 2200. The molecule has 1 saturated heterocycles. The smallest absolute Gasteiger partial charge is 0.338 e. The zero-order valence-electron chi connectivity index (χ0n) is 33.7. The van der Waals surface area contributed by atoms with Crippen LogP contribution in [0.5, 0.6) is 0 Å². The lowest BCUT2D eigenvalue weighted by atomic mass is 9.44. The zero-order valence-corrected chi connectivity index (χ0v) is 33.7. The van der Waals surface area contributed by atoms with Gasteiger partial charge in [-0.3, -0.25) is 14.4 Å². The highest BCUT2D eigenvalue weighted by molar-refractivity contribution is 5.95. The zero-order chi connectivity index (χ0) is 43.5. The first-order valence-electron chi connectivity index (χ1n) is 19.7. The van der Waals surface area contributed by atoms with E-state index in [4.69, 9.17) is 18.9 Å². The van der Waals surface area contributed by atoms with E-state index in [9.17, 15) is 49.5 Å². The molecule has 2 unspecified atom stereocenters. The SMILES string of the molecule is CC(=O)O[C@@]12CO[C@@H]1C[C@H](O)[C@@]1(C)C(=O)[C@H](O)C3=C(C)[C@@H](O)[C@H](OC(=O)[C@@H](O)C(NC(=O)c4ccccc4)c4ccccc4)[C@@](O)([C@@H](OC(=O)c4ccccc4)C12)C3(C)C. The maximum atomic E-state index is 14.9. The minimum atomic E-state index is -2.87. The van der Waals surface area contributed by atoms with Gasteiger partial charge in [-0.15, -0.1) is 0 Å². The summed E-state index contributed by atoms with van der Waals surface area (Å²) in [6.45, 7) is 6.19. The Morgan fingerprint density at radius 2 is 1.40 bits per heavy atom. The molecule has 1 aliphatic heterocycles. The molecule has 4 aliphatic rings. The Hall–Kier alpha value is -5.29. The van der Waals surface area contributed by atoms with E-state index in [0.29, 0.717) is 5.56 Å². The highest BCUT2D eigenvalue weighted by Gasteiger charge is 2.79. The van der Waals surface area contributed by atoms with Gasteiger partial charge in [-0.2, -0.15) is 0 Å². The maximum Gasteiger partial charge on any atom is 0.338 e. The minimum absolute atomic E-state index is 0.0135. The van der Waals surface area contributed by atoms with Crippen LogP contribution in [0.25, 0.3) is 0 Å². The van der Waals surface area contributed by atoms with Crippen LogP contribution in [0.1, 0.15) is 73.4 Å². The molecule has 2 bridgehead atoms. The van der Waals surface area contributed by atoms with Crippen molar-refractivity contribution in [2.45, 2.75) is 101 Å². The van der Waals surface area contributed by atoms with Crippen LogP contribution in [0.3, 0.4) is 0 Å². The van der Waals surface area contributed by atoms with Crippen molar-refractivity contribution in [3.8, 4) is 0 Å². The van der Waals surface area contributed by atoms with Crippen molar-refractivity contribution in [3.63, 3.8) is 0 Å². The van der Waals surface area contributed by atoms with Crippen molar-refractivity contribution >= 4 is 29.6 Å². The van der Waals surface area contributed by atoms with Crippen LogP contribution in [0, 0.1) is 16.7 Å². The maximum absolute atomic E-state index is 14.9. The van der Waals surface area contributed by atoms with E-state index in [1.807, 2.05) is 0 Å². The highest BCUT2D eigenvalue weighted by atomic mass is 16.6. The summed E-state index contributed by atoms with van der Waals surface area (Å²) in [5.74, 6) is -6.66. The van der Waals surface area contributed by atoms with Gasteiger partial charge in [-0.1, -0.05) is 80.6 Å². The molecule has 1 heterocycles. The first-order valence-corrected chi connectivity index (χ1v) is 19.7. The van der Waals surface area contributed by atoms with Gasteiger partial charge in [0.2, 0.25) is 0 Å². The molecule has 7 rings (SSSR count). The van der Waals surface area contributed by atoms with E-state index < -0.39 is 113 Å². The van der Waals surface area contributed by atoms with E-state index in [-0.39, 0.29) is 28.7 Å². The number of ketones is 1. The third-order valence-corrected chi connectivity index (χ3v) is 13.3. The lowest BCUT2D eigenvalue weighted by molar-refractivity contribution is -0.352. The molecule has 0 aromatic heterocycles. The normalized spacial score (nSPS) is 33.9. The molecule has 0 spiro atoms. The predicted octanol–water partition coefficient (Wildman–Crippen LogP) is 2.14. The number of carbonyl (C=O) groups is 5. The average Bonchev–Trinajstić information content (AvgIpc) is 3.23. The van der Waals surface area contributed by atoms with E-state index in [1.54, 1.807) is 66.7 Å². The number of nitrogens with one attached hydrogen (secondary N) is 1. The molecule has 3 fully saturated rings. The molecule has 60 heavy (non-hydrogen) atoms. The van der Waals surface area contributed by atoms with Crippen molar-refractivity contribution in [1.82, 2.24) is 5.32 Å². The third-order valence-electron chi connectivity index (χ3n) is 13.3. The summed E-state index contributed by atoms with van der Waals surface area (Å²) in [6.07, 6.45) is -13.6. The number of benzene rings is 3. The predicted molar refractivity (Wildman–Crippen MR) is 210 cm³/mol. The van der Waals surface area contributed by atoms with Crippen LogP contribution >= 0.6 is 0 Å². The van der Waals surface area contributed by atoms with Crippen LogP contribution in [0.4, 0.5) is 0 Å². The van der Waals surface area contributed by atoms with Crippen molar-refractivity contribution in [2.24, 2.45) is 16.7 Å². The van der Waals surface area contributed by atoms with E-state index in [2.05, 4.69) is 5.32 Å². The van der Waals surface area contributed by atoms with Crippen LogP contribution in [-0.4, -0.2) is 116 Å². The van der Waals surface area contributed by atoms with Crippen LogP contribution in [0.2, 0.25) is 0 Å². The van der Waals surface area contributed by atoms with Gasteiger partial charge in [0, 0.05) is 24.3 Å². The average molecular weight is 828 g/mol. The molecule has 6 N–H and O–H groups in total. The number of esters is 3. The number of aliphatic hydroxyl groups is 5. The minimum Gasteiger partial charge on any atom is -0.455 e. The Balaban J connectivity index is 1.41. The Kier molecular flexibility index (Phi) is 11.2. The monoisotopic (exact) mass is 827 g/mol. The lowest BCUT2D eigenvalue weighted by Crippen LogP contribution is -2.83. The fourth-order valence-electron chi connectivity index (χ4n) is 10.1. The summed E-state index contributed by atoms with van der Waals surface area (Å²) in [5.41, 5.74) is -8.65. The van der Waals surface area contributed by atoms with Crippen molar-refractivity contribution in [1.29, 1.82) is 0 Å². The molecule has 318 valence electrons. The largest absolute Gasteiger partial charge is 0.455 e. The van der Waals surface area contributed by atoms with Gasteiger partial charge >= 0.3 is 17.9 Å². The van der Waals surface area contributed by atoms with Gasteiger partial charge < -0.3 is 49.8 Å². The molecule has 15 heteroatoms. The molecule has 3 aliphatic carbocycles. The molecule has 3 aromatic rings. The molecular formula is C45H49NO14. The summed E-state index contributed by atoms with van der Waals surface area (Å²) in [6, 6.07) is 22.3. The number of hydrogen-bond acceptors (Lipinski definition) is 14. The van der Waals surface area contributed by atoms with Crippen molar-refractivity contribution in [2.75, 3.05) is 6.61 Å². The van der Waals surface area contributed by atoms with E-state index >= 15 is 0 Å². The Morgan fingerprint density at radius 1 is 0.833 bits per heavy atom. The molecule has 2 saturated carbocycles. The van der Waals surface area contributed by atoms with E-state index in [1.165, 1.54) is 52.0 Å². The summed E-state index contributed by atoms with van der Waals surface area (Å²) in [4.78, 5) is 70.0. The highest BCUT2D eigenvalue weighted by Crippen LogP contribution is 2.64. The number of carbonyl (C=O) groups excluding carboxylic acids is 5. The molecule has 0 radical (unpaired) electrons. The van der Waals surface area contributed by atoms with Gasteiger partial charge in [0.25, 0.3) is 5.91 Å². The van der Waals surface area contributed by atoms with Crippen LogP contribution in [-0.2, 0) is 33.3 Å². The van der Waals surface area contributed by atoms with Gasteiger partial charge in [-0.05, 0) is 54.8 Å². The molecule has 12 atom stereocenters. The van der Waals surface area contributed by atoms with Gasteiger partial charge in [0.15, 0.2) is 29.2 Å². The number of Topliss-reactive ketones (excluding diaryl/α,β-unsaturated/α-hetero) is 1. The Labute approximate surface area is 345 Å². The number of rotatable bonds is 9. The number of fused-ring (bicyclic) bond motifs is 5. The van der Waals surface area contributed by atoms with Gasteiger partial charge in [-0.25, -0.2) is 9.59 Å². The fourth-order valence-corrected chi connectivity index (χ4v) is 10.1. The first-order chi connectivity index (χ1) is 28.3. The molecule has 15 nitrogen and oxygen atoms in total. The number of ether oxygens (including phenoxy) is 4. The number of amides is 1. The summed E-state index contributed by atoms with van der Waals surface area (Å²) < 4.78 is 24.1. The van der Waals surface area contributed by atoms with Crippen molar-refractivity contribution < 1.29 is 68.5 Å². The fraction of sp³-hybridized carbons (Fsp3) is 0.444. The first kappa shape index (κ1) is 42.8. The molecule has 3 aromatic carbocycles. The second-order valence-electron chi connectivity index (χ2n) is 16.8. The molecular weight excluding hydrogens is 778 g/mol. The summed E-state index contributed by atoms with van der Waals surface area (Å²) in [7, 11) is 0. The van der Waals surface area contributed by atoms with Crippen molar-refractivity contribution in [3.05, 3.63) is 119 Å². The molecule has 1 amide bonds. The summed E-state index contributed by atoms with van der Waals surface area (Å²) in [5, 5.41) is 64.5. The van der Waals surface area contributed by atoms with E-state index in [0.717, 1.165) is 6.92 Å². The topological polar surface area (TPSA) is 235 Å². The standard InChI is InChI=1S/C45H49NO14/c1-23-30-33(50)36(52)43(5)28(48)21-29-44(22-57-29,60-24(2)47)35(43)38(59-40(54)27-19-13-8-14-20-27)45(56,42(30,3)4)37(32(23)49)58-41(55)34(51)31(25-15-9-6-10-16-25)46-39(53)26-17-11-7-12-18-26/h6-20,28-29,31-35,37-38,48-51,56H,21-22H2,1-5H3,(H,46,53)/t28-,29+,31?,32+,33+,34-,35?,37-,38-,43+,44-,45+/m0/s1. The quantitative estimate of drug-likeness (QED) is 0.103. The lowest BCUT2D eigenvalue weighted by Gasteiger charge is -2.68. The second kappa shape index (κ2) is 15.6. The Morgan fingerprint density at radius 3 is 1.95 bits per heavy atom. The van der Waals surface area contributed by atoms with Gasteiger partial charge in [0.05, 0.1) is 35.6 Å². The number of hydrogen-bond donors (Lipinski definition) is 6. The summed E-state index contributed by atoms with van der Waals surface area (Å²) >= 11 is 0.